The molecule has 0 radical (unpaired) electrons. The number of benzene rings is 3. The highest BCUT2D eigenvalue weighted by Crippen LogP contribution is 2.36. The molecule has 214 valence electrons. The Labute approximate surface area is 247 Å². The van der Waals surface area contributed by atoms with E-state index in [1.54, 1.807) is 31.4 Å². The van der Waals surface area contributed by atoms with Crippen LogP contribution < -0.4 is 15.0 Å². The molecule has 0 bridgehead atoms. The van der Waals surface area contributed by atoms with Crippen molar-refractivity contribution in [2.24, 2.45) is 10.5 Å². The molecular formula is C31H33BrN4O5. The number of methoxy groups -OCH3 is 1. The Morgan fingerprint density at radius 2 is 1.88 bits per heavy atom. The first-order valence-corrected chi connectivity index (χ1v) is 14.0. The normalized spacial score (nSPS) is 11.9. The van der Waals surface area contributed by atoms with Crippen molar-refractivity contribution in [2.45, 2.75) is 47.5 Å². The highest BCUT2D eigenvalue weighted by molar-refractivity contribution is 9.10. The lowest BCUT2D eigenvalue weighted by molar-refractivity contribution is -0.386. The highest BCUT2D eigenvalue weighted by Gasteiger charge is 2.23. The van der Waals surface area contributed by atoms with Gasteiger partial charge in [-0.2, -0.15) is 9.78 Å². The number of para-hydroxylation sites is 1. The van der Waals surface area contributed by atoms with Gasteiger partial charge in [-0.15, -0.1) is 0 Å². The van der Waals surface area contributed by atoms with Crippen molar-refractivity contribution in [3.05, 3.63) is 90.2 Å². The molecular weight excluding hydrogens is 588 g/mol. The van der Waals surface area contributed by atoms with E-state index in [1.807, 2.05) is 45.9 Å². The zero-order valence-corrected chi connectivity index (χ0v) is 25.8. The van der Waals surface area contributed by atoms with Gasteiger partial charge in [0.2, 0.25) is 5.75 Å². The van der Waals surface area contributed by atoms with Gasteiger partial charge in [0, 0.05) is 21.7 Å². The standard InChI is InChI=1S/C31H33BrN4O5/c1-18(2)23-15-24(19(3)12-27(23)40-7)29-34-25-11-9-8-10-22(25)30(37)35(29)33-16-20-13-21(32)14-26(36(38)39)28(20)41-17-31(4,5)6/h8-16,18H,17H2,1-7H3. The molecule has 0 atom stereocenters. The lowest BCUT2D eigenvalue weighted by Gasteiger charge is -2.20. The summed E-state index contributed by atoms with van der Waals surface area (Å²) in [4.78, 5) is 30.1. The minimum absolute atomic E-state index is 0.0722. The SMILES string of the molecule is COc1cc(C)c(-c2nc3ccccc3c(=O)n2N=Cc2cc(Br)cc([N+](=O)[O-])c2OCC(C)(C)C)cc1C(C)C. The number of nitro benzene ring substituents is 1. The fraction of sp³-hybridized carbons (Fsp3) is 0.323. The number of fused-ring (bicyclic) bond motifs is 1. The van der Waals surface area contributed by atoms with Crippen LogP contribution in [0.3, 0.4) is 0 Å². The zero-order valence-electron chi connectivity index (χ0n) is 24.2. The van der Waals surface area contributed by atoms with Crippen molar-refractivity contribution in [3.63, 3.8) is 0 Å². The van der Waals surface area contributed by atoms with Crippen molar-refractivity contribution in [1.82, 2.24) is 9.66 Å². The van der Waals surface area contributed by atoms with Crippen LogP contribution in [0.1, 0.15) is 57.2 Å². The summed E-state index contributed by atoms with van der Waals surface area (Å²) in [5, 5.41) is 16.9. The Kier molecular flexibility index (Phi) is 8.63. The van der Waals surface area contributed by atoms with Crippen molar-refractivity contribution in [2.75, 3.05) is 13.7 Å². The zero-order chi connectivity index (χ0) is 30.1. The van der Waals surface area contributed by atoms with Gasteiger partial charge in [-0.3, -0.25) is 14.9 Å². The Bertz CT molecular complexity index is 1720. The fourth-order valence-corrected chi connectivity index (χ4v) is 4.83. The maximum atomic E-state index is 13.8. The molecule has 10 heteroatoms. The van der Waals surface area contributed by atoms with E-state index >= 15 is 0 Å². The van der Waals surface area contributed by atoms with Gasteiger partial charge in [-0.25, -0.2) is 4.98 Å². The average Bonchev–Trinajstić information content (AvgIpc) is 2.90. The molecule has 4 aromatic rings. The summed E-state index contributed by atoms with van der Waals surface area (Å²) in [6.07, 6.45) is 1.40. The molecule has 0 aliphatic rings. The summed E-state index contributed by atoms with van der Waals surface area (Å²) in [6.45, 7) is 12.2. The number of rotatable bonds is 8. The molecule has 3 aromatic carbocycles. The number of hydrogen-bond donors (Lipinski definition) is 0. The molecule has 0 aliphatic carbocycles. The predicted octanol–water partition coefficient (Wildman–Crippen LogP) is 7.48. The number of aromatic nitrogens is 2. The molecule has 0 N–H and O–H groups in total. The first kappa shape index (κ1) is 29.9. The molecule has 41 heavy (non-hydrogen) atoms. The van der Waals surface area contributed by atoms with Gasteiger partial charge in [0.1, 0.15) is 5.75 Å². The number of ether oxygens (including phenoxy) is 2. The smallest absolute Gasteiger partial charge is 0.312 e. The van der Waals surface area contributed by atoms with E-state index in [2.05, 4.69) is 34.9 Å². The minimum atomic E-state index is -0.497. The number of nitrogens with zero attached hydrogens (tertiary/aromatic N) is 4. The van der Waals surface area contributed by atoms with E-state index in [0.717, 1.165) is 22.4 Å². The number of aryl methyl sites for hydroxylation is 1. The Balaban J connectivity index is 1.99. The first-order chi connectivity index (χ1) is 19.3. The second kappa shape index (κ2) is 11.8. The van der Waals surface area contributed by atoms with Crippen LogP contribution in [-0.4, -0.2) is 34.5 Å². The molecule has 9 nitrogen and oxygen atoms in total. The van der Waals surface area contributed by atoms with Crippen LogP contribution in [0.4, 0.5) is 5.69 Å². The van der Waals surface area contributed by atoms with Gasteiger partial charge in [0.05, 0.1) is 35.8 Å². The largest absolute Gasteiger partial charge is 0.496 e. The topological polar surface area (TPSA) is 109 Å². The summed E-state index contributed by atoms with van der Waals surface area (Å²) in [5.41, 5.74) is 2.59. The number of nitro groups is 1. The van der Waals surface area contributed by atoms with Crippen LogP contribution >= 0.6 is 15.9 Å². The number of halogens is 1. The second-order valence-electron chi connectivity index (χ2n) is 11.3. The van der Waals surface area contributed by atoms with E-state index in [4.69, 9.17) is 14.5 Å². The monoisotopic (exact) mass is 620 g/mol. The van der Waals surface area contributed by atoms with Crippen LogP contribution in [0, 0.1) is 22.5 Å². The Morgan fingerprint density at radius 1 is 1.17 bits per heavy atom. The van der Waals surface area contributed by atoms with Gasteiger partial charge in [0.25, 0.3) is 5.56 Å². The van der Waals surface area contributed by atoms with Crippen molar-refractivity contribution < 1.29 is 14.4 Å². The molecule has 1 heterocycles. The molecule has 0 aliphatic heterocycles. The maximum absolute atomic E-state index is 13.8. The Hall–Kier alpha value is -4.05. The van der Waals surface area contributed by atoms with Crippen LogP contribution in [-0.2, 0) is 0 Å². The molecule has 0 unspecified atom stereocenters. The van der Waals surface area contributed by atoms with Crippen LogP contribution in [0.15, 0.2) is 62.9 Å². The van der Waals surface area contributed by atoms with Gasteiger partial charge < -0.3 is 9.47 Å². The van der Waals surface area contributed by atoms with Crippen LogP contribution in [0.2, 0.25) is 0 Å². The predicted molar refractivity (Wildman–Crippen MR) is 166 cm³/mol. The average molecular weight is 622 g/mol. The molecule has 0 spiro atoms. The summed E-state index contributed by atoms with van der Waals surface area (Å²) in [6, 6.07) is 14.0. The summed E-state index contributed by atoms with van der Waals surface area (Å²) in [7, 11) is 1.63. The van der Waals surface area contributed by atoms with Gasteiger partial charge in [0.15, 0.2) is 5.82 Å². The molecule has 4 rings (SSSR count). The van der Waals surface area contributed by atoms with Crippen molar-refractivity contribution in [3.8, 4) is 22.9 Å². The lowest BCUT2D eigenvalue weighted by atomic mass is 9.96. The second-order valence-corrected chi connectivity index (χ2v) is 12.2. The molecule has 0 amide bonds. The van der Waals surface area contributed by atoms with E-state index in [-0.39, 0.29) is 34.9 Å². The molecule has 1 aromatic heterocycles. The summed E-state index contributed by atoms with van der Waals surface area (Å²) in [5.74, 6) is 1.32. The molecule has 0 fully saturated rings. The van der Waals surface area contributed by atoms with Crippen LogP contribution in [0.25, 0.3) is 22.3 Å². The van der Waals surface area contributed by atoms with Gasteiger partial charge >= 0.3 is 5.69 Å². The van der Waals surface area contributed by atoms with Crippen molar-refractivity contribution in [1.29, 1.82) is 0 Å². The van der Waals surface area contributed by atoms with Gasteiger partial charge in [-0.1, -0.05) is 62.7 Å². The third kappa shape index (κ3) is 6.48. The third-order valence-corrected chi connectivity index (χ3v) is 6.87. The van der Waals surface area contributed by atoms with Crippen LogP contribution in [0.5, 0.6) is 11.5 Å². The fourth-order valence-electron chi connectivity index (χ4n) is 4.37. The van der Waals surface area contributed by atoms with E-state index in [0.29, 0.717) is 26.8 Å². The van der Waals surface area contributed by atoms with E-state index < -0.39 is 4.92 Å². The van der Waals surface area contributed by atoms with Crippen molar-refractivity contribution >= 4 is 38.7 Å². The van der Waals surface area contributed by atoms with E-state index in [1.165, 1.54) is 17.0 Å². The quantitative estimate of drug-likeness (QED) is 0.115. The van der Waals surface area contributed by atoms with E-state index in [9.17, 15) is 14.9 Å². The highest BCUT2D eigenvalue weighted by atomic mass is 79.9. The minimum Gasteiger partial charge on any atom is -0.496 e. The first-order valence-electron chi connectivity index (χ1n) is 13.2. The molecule has 0 saturated heterocycles. The summed E-state index contributed by atoms with van der Waals surface area (Å²) < 4.78 is 13.3. The molecule has 0 saturated carbocycles. The Morgan fingerprint density at radius 3 is 2.51 bits per heavy atom. The number of hydrogen-bond acceptors (Lipinski definition) is 7. The maximum Gasteiger partial charge on any atom is 0.312 e. The lowest BCUT2D eigenvalue weighted by Crippen LogP contribution is -2.21. The summed E-state index contributed by atoms with van der Waals surface area (Å²) >= 11 is 3.36. The van der Waals surface area contributed by atoms with Gasteiger partial charge in [-0.05, 0) is 59.7 Å². The third-order valence-electron chi connectivity index (χ3n) is 6.41.